The molecule has 1 aliphatic rings. The molecule has 2 heterocycles. The van der Waals surface area contributed by atoms with Crippen LogP contribution in [0.2, 0.25) is 0 Å². The van der Waals surface area contributed by atoms with E-state index in [9.17, 15) is 0 Å². The van der Waals surface area contributed by atoms with Crippen molar-refractivity contribution >= 4 is 16.6 Å². The van der Waals surface area contributed by atoms with Crippen LogP contribution in [0, 0.1) is 5.92 Å². The van der Waals surface area contributed by atoms with Crippen LogP contribution in [0.15, 0.2) is 36.5 Å². The van der Waals surface area contributed by atoms with E-state index in [2.05, 4.69) is 60.2 Å². The average Bonchev–Trinajstić information content (AvgIpc) is 2.53. The zero-order valence-electron chi connectivity index (χ0n) is 13.2. The molecular formula is C18H25N3. The van der Waals surface area contributed by atoms with Gasteiger partial charge in [0.2, 0.25) is 0 Å². The number of nitrogens with zero attached hydrogens (tertiary/aromatic N) is 2. The summed E-state index contributed by atoms with van der Waals surface area (Å²) in [4.78, 5) is 7.01. The van der Waals surface area contributed by atoms with E-state index < -0.39 is 0 Å². The summed E-state index contributed by atoms with van der Waals surface area (Å²) in [6.45, 7) is 9.05. The first kappa shape index (κ1) is 14.3. The highest BCUT2D eigenvalue weighted by molar-refractivity contribution is 5.82. The number of piperazine rings is 1. The summed E-state index contributed by atoms with van der Waals surface area (Å²) in [6.07, 6.45) is 3.04. The lowest BCUT2D eigenvalue weighted by Crippen LogP contribution is -2.58. The molecule has 3 heteroatoms. The van der Waals surface area contributed by atoms with Crippen molar-refractivity contribution in [2.75, 3.05) is 18.0 Å². The Kier molecular flexibility index (Phi) is 4.11. The molecule has 1 N–H and O–H groups in total. The normalized spacial score (nSPS) is 23.0. The van der Waals surface area contributed by atoms with E-state index in [0.29, 0.717) is 18.0 Å². The molecule has 1 fully saturated rings. The molecule has 112 valence electrons. The van der Waals surface area contributed by atoms with Crippen molar-refractivity contribution in [1.29, 1.82) is 0 Å². The minimum absolute atomic E-state index is 0.557. The van der Waals surface area contributed by atoms with Crippen molar-refractivity contribution in [3.05, 3.63) is 36.5 Å². The summed E-state index contributed by atoms with van der Waals surface area (Å²) in [5.74, 6) is 0.639. The summed E-state index contributed by atoms with van der Waals surface area (Å²) < 4.78 is 0. The van der Waals surface area contributed by atoms with E-state index in [1.807, 2.05) is 12.3 Å². The Labute approximate surface area is 127 Å². The molecule has 2 aromatic rings. The van der Waals surface area contributed by atoms with Crippen LogP contribution < -0.4 is 10.2 Å². The molecule has 0 aliphatic carbocycles. The lowest BCUT2D eigenvalue weighted by Gasteiger charge is -2.44. The van der Waals surface area contributed by atoms with E-state index in [1.54, 1.807) is 0 Å². The first-order valence-corrected chi connectivity index (χ1v) is 8.04. The predicted octanol–water partition coefficient (Wildman–Crippen LogP) is 3.45. The molecule has 0 amide bonds. The highest BCUT2D eigenvalue weighted by Gasteiger charge is 2.29. The molecule has 1 aromatic carbocycles. The van der Waals surface area contributed by atoms with Crippen LogP contribution >= 0.6 is 0 Å². The maximum atomic E-state index is 4.42. The van der Waals surface area contributed by atoms with E-state index >= 15 is 0 Å². The molecular weight excluding hydrogens is 258 g/mol. The quantitative estimate of drug-likeness (QED) is 0.935. The van der Waals surface area contributed by atoms with Gasteiger partial charge in [0.05, 0.1) is 5.52 Å². The average molecular weight is 283 g/mol. The first-order chi connectivity index (χ1) is 10.2. The fraction of sp³-hybridized carbons (Fsp3) is 0.500. The fourth-order valence-electron chi connectivity index (χ4n) is 3.24. The predicted molar refractivity (Wildman–Crippen MR) is 89.8 cm³/mol. The van der Waals surface area contributed by atoms with Gasteiger partial charge in [0.25, 0.3) is 0 Å². The highest BCUT2D eigenvalue weighted by atomic mass is 15.2. The van der Waals surface area contributed by atoms with Gasteiger partial charge in [-0.25, -0.2) is 0 Å². The second-order valence-electron chi connectivity index (χ2n) is 6.36. The zero-order chi connectivity index (χ0) is 14.8. The van der Waals surface area contributed by atoms with Gasteiger partial charge in [0.1, 0.15) is 0 Å². The highest BCUT2D eigenvalue weighted by Crippen LogP contribution is 2.27. The maximum Gasteiger partial charge on any atom is 0.0703 e. The number of hydrogen-bond donors (Lipinski definition) is 1. The molecule has 1 aromatic heterocycles. The number of anilines is 1. The fourth-order valence-corrected chi connectivity index (χ4v) is 3.24. The van der Waals surface area contributed by atoms with Gasteiger partial charge < -0.3 is 10.2 Å². The number of rotatable bonds is 3. The van der Waals surface area contributed by atoms with Crippen LogP contribution in [-0.4, -0.2) is 30.2 Å². The van der Waals surface area contributed by atoms with Crippen LogP contribution in [-0.2, 0) is 0 Å². The molecule has 21 heavy (non-hydrogen) atoms. The molecule has 0 radical (unpaired) electrons. The van der Waals surface area contributed by atoms with Crippen LogP contribution in [0.5, 0.6) is 0 Å². The Balaban J connectivity index is 1.96. The third-order valence-electron chi connectivity index (χ3n) is 4.61. The second kappa shape index (κ2) is 6.02. The van der Waals surface area contributed by atoms with Crippen molar-refractivity contribution < 1.29 is 0 Å². The van der Waals surface area contributed by atoms with E-state index in [0.717, 1.165) is 18.6 Å². The van der Waals surface area contributed by atoms with Gasteiger partial charge in [-0.3, -0.25) is 4.98 Å². The molecule has 2 unspecified atom stereocenters. The Morgan fingerprint density at radius 1 is 1.33 bits per heavy atom. The number of nitrogens with one attached hydrogen (secondary N) is 1. The van der Waals surface area contributed by atoms with Gasteiger partial charge in [-0.1, -0.05) is 26.8 Å². The number of pyridine rings is 1. The monoisotopic (exact) mass is 283 g/mol. The Morgan fingerprint density at radius 2 is 2.19 bits per heavy atom. The minimum atomic E-state index is 0.557. The van der Waals surface area contributed by atoms with E-state index in [1.165, 1.54) is 17.5 Å². The summed E-state index contributed by atoms with van der Waals surface area (Å²) >= 11 is 0. The van der Waals surface area contributed by atoms with Gasteiger partial charge in [0, 0.05) is 42.4 Å². The second-order valence-corrected chi connectivity index (χ2v) is 6.36. The zero-order valence-corrected chi connectivity index (χ0v) is 13.2. The first-order valence-electron chi connectivity index (χ1n) is 8.04. The molecule has 0 spiro atoms. The van der Waals surface area contributed by atoms with Crippen LogP contribution in [0.4, 0.5) is 5.69 Å². The summed E-state index contributed by atoms with van der Waals surface area (Å²) in [7, 11) is 0. The SMILES string of the molecule is CCC1CN(c2ccc3ncccc3c2)C(C(C)C)CN1. The maximum absolute atomic E-state index is 4.42. The van der Waals surface area contributed by atoms with E-state index in [-0.39, 0.29) is 0 Å². The largest absolute Gasteiger partial charge is 0.365 e. The Bertz CT molecular complexity index is 608. The number of hydrogen-bond acceptors (Lipinski definition) is 3. The molecule has 3 nitrogen and oxygen atoms in total. The van der Waals surface area contributed by atoms with Gasteiger partial charge in [0.15, 0.2) is 0 Å². The summed E-state index contributed by atoms with van der Waals surface area (Å²) in [6, 6.07) is 12.0. The van der Waals surface area contributed by atoms with Crippen molar-refractivity contribution in [2.24, 2.45) is 5.92 Å². The Hall–Kier alpha value is -1.61. The third-order valence-corrected chi connectivity index (χ3v) is 4.61. The molecule has 1 aliphatic heterocycles. The molecule has 2 atom stereocenters. The smallest absolute Gasteiger partial charge is 0.0703 e. The topological polar surface area (TPSA) is 28.2 Å². The van der Waals surface area contributed by atoms with Gasteiger partial charge in [-0.05, 0) is 36.6 Å². The number of aromatic nitrogens is 1. The number of fused-ring (bicyclic) bond motifs is 1. The lowest BCUT2D eigenvalue weighted by molar-refractivity contribution is 0.333. The lowest BCUT2D eigenvalue weighted by atomic mass is 9.96. The molecule has 1 saturated heterocycles. The summed E-state index contributed by atoms with van der Waals surface area (Å²) in [5, 5.41) is 4.91. The standard InChI is InChI=1S/C18H25N3/c1-4-15-12-21(18(11-20-15)13(2)3)16-7-8-17-14(10-16)6-5-9-19-17/h5-10,13,15,18,20H,4,11-12H2,1-3H3. The Morgan fingerprint density at radius 3 is 2.95 bits per heavy atom. The van der Waals surface area contributed by atoms with Crippen molar-refractivity contribution in [1.82, 2.24) is 10.3 Å². The van der Waals surface area contributed by atoms with Crippen molar-refractivity contribution in [3.63, 3.8) is 0 Å². The van der Waals surface area contributed by atoms with Crippen LogP contribution in [0.1, 0.15) is 27.2 Å². The molecule has 0 bridgehead atoms. The minimum Gasteiger partial charge on any atom is -0.365 e. The van der Waals surface area contributed by atoms with Crippen molar-refractivity contribution in [2.45, 2.75) is 39.3 Å². The van der Waals surface area contributed by atoms with Gasteiger partial charge in [-0.15, -0.1) is 0 Å². The molecule has 3 rings (SSSR count). The third kappa shape index (κ3) is 2.88. The van der Waals surface area contributed by atoms with Gasteiger partial charge in [-0.2, -0.15) is 0 Å². The van der Waals surface area contributed by atoms with E-state index in [4.69, 9.17) is 0 Å². The van der Waals surface area contributed by atoms with Crippen molar-refractivity contribution in [3.8, 4) is 0 Å². The van der Waals surface area contributed by atoms with Crippen LogP contribution in [0.3, 0.4) is 0 Å². The summed E-state index contributed by atoms with van der Waals surface area (Å²) in [5.41, 5.74) is 2.40. The van der Waals surface area contributed by atoms with Crippen LogP contribution in [0.25, 0.3) is 10.9 Å². The number of benzene rings is 1. The molecule has 0 saturated carbocycles. The van der Waals surface area contributed by atoms with Gasteiger partial charge >= 0.3 is 0 Å².